The van der Waals surface area contributed by atoms with E-state index in [9.17, 15) is 0 Å². The summed E-state index contributed by atoms with van der Waals surface area (Å²) >= 11 is 1.88. The lowest BCUT2D eigenvalue weighted by Gasteiger charge is -2.21. The first-order valence-electron chi connectivity index (χ1n) is 5.25. The molecule has 1 aromatic heterocycles. The zero-order valence-electron chi connectivity index (χ0n) is 9.50. The number of hydrogen-bond donors (Lipinski definition) is 1. The van der Waals surface area contributed by atoms with E-state index in [4.69, 9.17) is 5.73 Å². The van der Waals surface area contributed by atoms with Crippen LogP contribution in [-0.4, -0.2) is 6.54 Å². The van der Waals surface area contributed by atoms with Crippen molar-refractivity contribution in [2.75, 3.05) is 6.54 Å². The second kappa shape index (κ2) is 3.62. The molecular weight excluding hydrogens is 202 g/mol. The van der Waals surface area contributed by atoms with Crippen LogP contribution in [0.2, 0.25) is 0 Å². The highest BCUT2D eigenvalue weighted by atomic mass is 32.1. The second-order valence-corrected chi connectivity index (χ2v) is 5.69. The average Bonchev–Trinajstić information content (AvgIpc) is 2.58. The Morgan fingerprint density at radius 2 is 1.93 bits per heavy atom. The van der Waals surface area contributed by atoms with Gasteiger partial charge in [0, 0.05) is 21.5 Å². The third-order valence-electron chi connectivity index (χ3n) is 2.97. The molecule has 0 radical (unpaired) electrons. The topological polar surface area (TPSA) is 26.0 Å². The van der Waals surface area contributed by atoms with Gasteiger partial charge in [-0.15, -0.1) is 11.3 Å². The molecule has 15 heavy (non-hydrogen) atoms. The van der Waals surface area contributed by atoms with Crippen molar-refractivity contribution in [2.24, 2.45) is 5.73 Å². The van der Waals surface area contributed by atoms with Crippen molar-refractivity contribution >= 4 is 21.4 Å². The van der Waals surface area contributed by atoms with Crippen LogP contribution < -0.4 is 5.73 Å². The smallest absolute Gasteiger partial charge is 0.0348 e. The lowest BCUT2D eigenvalue weighted by atomic mass is 9.89. The van der Waals surface area contributed by atoms with Crippen LogP contribution in [-0.2, 0) is 5.41 Å². The van der Waals surface area contributed by atoms with E-state index in [0.717, 1.165) is 0 Å². The first-order chi connectivity index (χ1) is 7.06. The number of nitrogens with two attached hydrogens (primary N) is 1. The van der Waals surface area contributed by atoms with Crippen molar-refractivity contribution in [3.63, 3.8) is 0 Å². The normalized spacial score (nSPS) is 12.3. The summed E-state index contributed by atoms with van der Waals surface area (Å²) in [5, 5.41) is 1.37. The fourth-order valence-electron chi connectivity index (χ4n) is 1.91. The van der Waals surface area contributed by atoms with Gasteiger partial charge in [0.2, 0.25) is 0 Å². The van der Waals surface area contributed by atoms with Gasteiger partial charge in [0.05, 0.1) is 0 Å². The van der Waals surface area contributed by atoms with Gasteiger partial charge >= 0.3 is 0 Å². The van der Waals surface area contributed by atoms with E-state index in [0.29, 0.717) is 6.54 Å². The number of hydrogen-bond acceptors (Lipinski definition) is 2. The Hall–Kier alpha value is -0.860. The summed E-state index contributed by atoms with van der Waals surface area (Å²) in [5.41, 5.74) is 7.32. The first-order valence-corrected chi connectivity index (χ1v) is 6.06. The number of benzene rings is 1. The Labute approximate surface area is 94.9 Å². The highest BCUT2D eigenvalue weighted by molar-refractivity contribution is 7.19. The monoisotopic (exact) mass is 219 g/mol. The minimum atomic E-state index is 0.0910. The molecule has 0 unspecified atom stereocenters. The molecule has 2 heteroatoms. The van der Waals surface area contributed by atoms with Crippen molar-refractivity contribution in [1.29, 1.82) is 0 Å². The molecule has 2 rings (SSSR count). The van der Waals surface area contributed by atoms with E-state index in [2.05, 4.69) is 45.0 Å². The van der Waals surface area contributed by atoms with Gasteiger partial charge in [0.25, 0.3) is 0 Å². The molecule has 0 aliphatic carbocycles. The number of rotatable bonds is 2. The molecule has 0 atom stereocenters. The van der Waals surface area contributed by atoms with Crippen LogP contribution in [0.5, 0.6) is 0 Å². The van der Waals surface area contributed by atoms with Crippen LogP contribution in [0.1, 0.15) is 24.3 Å². The van der Waals surface area contributed by atoms with Crippen LogP contribution in [0.4, 0.5) is 0 Å². The minimum absolute atomic E-state index is 0.0910. The average molecular weight is 219 g/mol. The van der Waals surface area contributed by atoms with Gasteiger partial charge in [-0.05, 0) is 23.9 Å². The van der Waals surface area contributed by atoms with Crippen LogP contribution in [0.3, 0.4) is 0 Å². The third-order valence-corrected chi connectivity index (χ3v) is 4.61. The molecule has 1 aromatic carbocycles. The van der Waals surface area contributed by atoms with Gasteiger partial charge in [0.1, 0.15) is 0 Å². The maximum Gasteiger partial charge on any atom is 0.0348 e. The molecule has 0 saturated carbocycles. The van der Waals surface area contributed by atoms with Crippen LogP contribution >= 0.6 is 11.3 Å². The fourth-order valence-corrected chi connectivity index (χ4v) is 3.23. The fraction of sp³-hybridized carbons (Fsp3) is 0.385. The molecule has 1 heterocycles. The Bertz CT molecular complexity index is 482. The number of fused-ring (bicyclic) bond motifs is 1. The molecule has 1 nitrogen and oxygen atoms in total. The van der Waals surface area contributed by atoms with Crippen molar-refractivity contribution in [3.05, 3.63) is 34.7 Å². The standard InChI is InChI=1S/C13H17NS/c1-9-10-6-4-5-7-11(10)15-12(9)13(2,3)8-14/h4-7H,8,14H2,1-3H3. The van der Waals surface area contributed by atoms with Crippen molar-refractivity contribution in [3.8, 4) is 0 Å². The van der Waals surface area contributed by atoms with Gasteiger partial charge in [0.15, 0.2) is 0 Å². The van der Waals surface area contributed by atoms with Gasteiger partial charge < -0.3 is 5.73 Å². The Morgan fingerprint density at radius 3 is 2.53 bits per heavy atom. The number of aryl methyl sites for hydroxylation is 1. The third kappa shape index (κ3) is 1.68. The molecule has 0 spiro atoms. The second-order valence-electron chi connectivity index (χ2n) is 4.64. The van der Waals surface area contributed by atoms with E-state index in [1.165, 1.54) is 20.5 Å². The molecular formula is C13H17NS. The molecule has 0 fully saturated rings. The molecule has 2 N–H and O–H groups in total. The summed E-state index contributed by atoms with van der Waals surface area (Å²) in [5.74, 6) is 0. The zero-order chi connectivity index (χ0) is 11.1. The van der Waals surface area contributed by atoms with Crippen molar-refractivity contribution in [1.82, 2.24) is 0 Å². The van der Waals surface area contributed by atoms with E-state index in [-0.39, 0.29) is 5.41 Å². The van der Waals surface area contributed by atoms with Crippen LogP contribution in [0, 0.1) is 6.92 Å². The summed E-state index contributed by atoms with van der Waals surface area (Å²) in [6.07, 6.45) is 0. The van der Waals surface area contributed by atoms with Crippen LogP contribution in [0.25, 0.3) is 10.1 Å². The summed E-state index contributed by atoms with van der Waals surface area (Å²) in [6.45, 7) is 7.32. The molecule has 0 amide bonds. The van der Waals surface area contributed by atoms with E-state index >= 15 is 0 Å². The highest BCUT2D eigenvalue weighted by Crippen LogP contribution is 2.37. The van der Waals surface area contributed by atoms with E-state index in [1.807, 2.05) is 11.3 Å². The van der Waals surface area contributed by atoms with E-state index < -0.39 is 0 Å². The van der Waals surface area contributed by atoms with Gasteiger partial charge in [-0.25, -0.2) is 0 Å². The first kappa shape index (κ1) is 10.7. The summed E-state index contributed by atoms with van der Waals surface area (Å²) in [4.78, 5) is 1.42. The van der Waals surface area contributed by atoms with Crippen molar-refractivity contribution < 1.29 is 0 Å². The van der Waals surface area contributed by atoms with Crippen molar-refractivity contribution in [2.45, 2.75) is 26.2 Å². The molecule has 0 aliphatic rings. The molecule has 80 valence electrons. The maximum atomic E-state index is 5.84. The molecule has 0 aliphatic heterocycles. The summed E-state index contributed by atoms with van der Waals surface area (Å²) in [7, 11) is 0. The lowest BCUT2D eigenvalue weighted by Crippen LogP contribution is -2.27. The predicted octanol–water partition coefficient (Wildman–Crippen LogP) is 3.45. The quantitative estimate of drug-likeness (QED) is 0.822. The summed E-state index contributed by atoms with van der Waals surface area (Å²) in [6, 6.07) is 8.57. The van der Waals surface area contributed by atoms with Gasteiger partial charge in [-0.2, -0.15) is 0 Å². The minimum Gasteiger partial charge on any atom is -0.330 e. The maximum absolute atomic E-state index is 5.84. The predicted molar refractivity (Wildman–Crippen MR) is 68.6 cm³/mol. The van der Waals surface area contributed by atoms with Gasteiger partial charge in [-0.3, -0.25) is 0 Å². The lowest BCUT2D eigenvalue weighted by molar-refractivity contribution is 0.548. The van der Waals surface area contributed by atoms with E-state index in [1.54, 1.807) is 0 Å². The Balaban J connectivity index is 2.68. The number of thiophene rings is 1. The molecule has 0 saturated heterocycles. The largest absolute Gasteiger partial charge is 0.330 e. The Kier molecular flexibility index (Phi) is 2.57. The highest BCUT2D eigenvalue weighted by Gasteiger charge is 2.23. The molecule has 0 bridgehead atoms. The molecule has 2 aromatic rings. The SMILES string of the molecule is Cc1c(C(C)(C)CN)sc2ccccc12. The van der Waals surface area contributed by atoms with Gasteiger partial charge in [-0.1, -0.05) is 32.0 Å². The van der Waals surface area contributed by atoms with Crippen LogP contribution in [0.15, 0.2) is 24.3 Å². The zero-order valence-corrected chi connectivity index (χ0v) is 10.3. The summed E-state index contributed by atoms with van der Waals surface area (Å²) < 4.78 is 1.37. The Morgan fingerprint density at radius 1 is 1.27 bits per heavy atom.